The molecule has 2 aromatic rings. The van der Waals surface area contributed by atoms with Gasteiger partial charge in [0, 0.05) is 11.6 Å². The van der Waals surface area contributed by atoms with Gasteiger partial charge in [0.25, 0.3) is 0 Å². The molecular weight excluding hydrogens is 419 g/mol. The van der Waals surface area contributed by atoms with Crippen LogP contribution in [0.15, 0.2) is 47.4 Å². The smallest absolute Gasteiger partial charge is 0.238 e. The fraction of sp³-hybridized carbons (Fsp3) is 0.235. The Kier molecular flexibility index (Phi) is 7.32. The zero-order chi connectivity index (χ0) is 19.3. The van der Waals surface area contributed by atoms with Gasteiger partial charge in [0.1, 0.15) is 0 Å². The summed E-state index contributed by atoms with van der Waals surface area (Å²) in [6.07, 6.45) is 0. The number of likely N-dealkylation sites (N-methyl/N-ethyl adjacent to an activating group) is 1. The molecule has 0 radical (unpaired) electrons. The van der Waals surface area contributed by atoms with E-state index in [9.17, 15) is 13.2 Å². The van der Waals surface area contributed by atoms with Gasteiger partial charge < -0.3 is 5.32 Å². The Balaban J connectivity index is 1.91. The van der Waals surface area contributed by atoms with Crippen molar-refractivity contribution in [3.63, 3.8) is 0 Å². The average Bonchev–Trinajstić information content (AvgIpc) is 2.57. The van der Waals surface area contributed by atoms with E-state index < -0.39 is 9.84 Å². The molecule has 0 bridgehead atoms. The molecule has 2 aromatic carbocycles. The van der Waals surface area contributed by atoms with Gasteiger partial charge in [-0.1, -0.05) is 40.9 Å². The van der Waals surface area contributed by atoms with E-state index in [0.29, 0.717) is 20.8 Å². The van der Waals surface area contributed by atoms with E-state index in [0.717, 1.165) is 0 Å². The quantitative estimate of drug-likeness (QED) is 0.714. The lowest BCUT2D eigenvalue weighted by atomic mass is 10.3. The van der Waals surface area contributed by atoms with Crippen LogP contribution in [-0.4, -0.2) is 45.1 Å². The largest absolute Gasteiger partial charge is 0.322 e. The fourth-order valence-electron chi connectivity index (χ4n) is 2.16. The molecule has 0 aliphatic heterocycles. The highest BCUT2D eigenvalue weighted by molar-refractivity contribution is 7.91. The Labute approximate surface area is 167 Å². The second kappa shape index (κ2) is 9.06. The van der Waals surface area contributed by atoms with Crippen LogP contribution in [-0.2, 0) is 14.6 Å². The molecule has 0 aromatic heterocycles. The minimum Gasteiger partial charge on any atom is -0.322 e. The Morgan fingerprint density at radius 1 is 1.04 bits per heavy atom. The summed E-state index contributed by atoms with van der Waals surface area (Å²) in [5, 5.41) is 3.77. The van der Waals surface area contributed by atoms with E-state index in [-0.39, 0.29) is 29.6 Å². The van der Waals surface area contributed by atoms with E-state index >= 15 is 0 Å². The number of nitrogens with zero attached hydrogens (tertiary/aromatic N) is 1. The van der Waals surface area contributed by atoms with Crippen LogP contribution >= 0.6 is 34.8 Å². The summed E-state index contributed by atoms with van der Waals surface area (Å²) in [6, 6.07) is 10.9. The molecule has 0 spiro atoms. The van der Waals surface area contributed by atoms with Crippen molar-refractivity contribution in [2.24, 2.45) is 0 Å². The molecule has 140 valence electrons. The number of sulfone groups is 1. The molecule has 9 heteroatoms. The Hall–Kier alpha value is -1.31. The van der Waals surface area contributed by atoms with Crippen LogP contribution < -0.4 is 5.32 Å². The third kappa shape index (κ3) is 5.86. The normalized spacial score (nSPS) is 11.6. The zero-order valence-corrected chi connectivity index (χ0v) is 17.0. The van der Waals surface area contributed by atoms with E-state index in [4.69, 9.17) is 34.8 Å². The van der Waals surface area contributed by atoms with Gasteiger partial charge in [-0.05, 0) is 43.4 Å². The Bertz CT molecular complexity index is 866. The summed E-state index contributed by atoms with van der Waals surface area (Å²) in [6.45, 7) is 0.187. The minimum absolute atomic E-state index is 0.00229. The first-order valence-corrected chi connectivity index (χ1v) is 10.4. The van der Waals surface area contributed by atoms with Gasteiger partial charge >= 0.3 is 0 Å². The van der Waals surface area contributed by atoms with Gasteiger partial charge in [0.2, 0.25) is 5.91 Å². The highest BCUT2D eigenvalue weighted by Gasteiger charge is 2.17. The summed E-state index contributed by atoms with van der Waals surface area (Å²) in [4.78, 5) is 13.9. The van der Waals surface area contributed by atoms with Crippen molar-refractivity contribution in [3.05, 3.63) is 57.5 Å². The average molecular weight is 436 g/mol. The molecule has 0 saturated heterocycles. The predicted octanol–water partition coefficient (Wildman–Crippen LogP) is 3.99. The van der Waals surface area contributed by atoms with Gasteiger partial charge in [-0.15, -0.1) is 0 Å². The third-order valence-electron chi connectivity index (χ3n) is 3.56. The number of nitrogens with one attached hydrogen (secondary N) is 1. The number of carbonyl (C=O) groups is 1. The second-order valence-electron chi connectivity index (χ2n) is 5.66. The summed E-state index contributed by atoms with van der Waals surface area (Å²) >= 11 is 17.8. The molecule has 26 heavy (non-hydrogen) atoms. The van der Waals surface area contributed by atoms with E-state index in [2.05, 4.69) is 5.32 Å². The molecule has 1 amide bonds. The van der Waals surface area contributed by atoms with Gasteiger partial charge in [-0.25, -0.2) is 8.42 Å². The van der Waals surface area contributed by atoms with E-state index in [1.807, 2.05) is 0 Å². The van der Waals surface area contributed by atoms with Crippen LogP contribution in [0.2, 0.25) is 15.1 Å². The summed E-state index contributed by atoms with van der Waals surface area (Å²) < 4.78 is 24.6. The van der Waals surface area contributed by atoms with Crippen LogP contribution in [0.1, 0.15) is 0 Å². The number of carbonyl (C=O) groups excluding carboxylic acids is 1. The summed E-state index contributed by atoms with van der Waals surface area (Å²) in [5.74, 6) is -0.461. The molecule has 0 fully saturated rings. The number of halogens is 3. The first kappa shape index (κ1) is 21.0. The number of anilines is 1. The van der Waals surface area contributed by atoms with Gasteiger partial charge in [0.05, 0.1) is 32.9 Å². The number of amides is 1. The lowest BCUT2D eigenvalue weighted by Gasteiger charge is -2.17. The lowest BCUT2D eigenvalue weighted by Crippen LogP contribution is -2.33. The highest BCUT2D eigenvalue weighted by atomic mass is 35.5. The number of para-hydroxylation sites is 1. The maximum absolute atomic E-state index is 12.3. The predicted molar refractivity (Wildman–Crippen MR) is 106 cm³/mol. The fourth-order valence-corrected chi connectivity index (χ4v) is 4.11. The van der Waals surface area contributed by atoms with Crippen LogP contribution in [0.3, 0.4) is 0 Å². The summed E-state index contributed by atoms with van der Waals surface area (Å²) in [7, 11) is -1.80. The van der Waals surface area contributed by atoms with Crippen molar-refractivity contribution in [3.8, 4) is 0 Å². The molecule has 0 aliphatic rings. The molecule has 1 N–H and O–H groups in total. The van der Waals surface area contributed by atoms with Gasteiger partial charge in [-0.2, -0.15) is 0 Å². The van der Waals surface area contributed by atoms with Crippen molar-refractivity contribution in [2.75, 3.05) is 31.2 Å². The first-order valence-electron chi connectivity index (χ1n) is 7.60. The van der Waals surface area contributed by atoms with Crippen molar-refractivity contribution in [1.29, 1.82) is 0 Å². The Morgan fingerprint density at radius 2 is 1.62 bits per heavy atom. The number of benzene rings is 2. The second-order valence-corrected chi connectivity index (χ2v) is 9.02. The molecule has 2 rings (SSSR count). The van der Waals surface area contributed by atoms with Crippen LogP contribution in [0.4, 0.5) is 5.69 Å². The molecular formula is C17H17Cl3N2O3S. The lowest BCUT2D eigenvalue weighted by molar-refractivity contribution is -0.117. The minimum atomic E-state index is -3.45. The molecule has 0 aliphatic carbocycles. The van der Waals surface area contributed by atoms with Crippen molar-refractivity contribution < 1.29 is 13.2 Å². The highest BCUT2D eigenvalue weighted by Crippen LogP contribution is 2.29. The first-order chi connectivity index (χ1) is 12.2. The van der Waals surface area contributed by atoms with Crippen LogP contribution in [0.5, 0.6) is 0 Å². The standard InChI is InChI=1S/C17H17Cl3N2O3S/c1-22(9-10-26(24,25)13-7-5-12(18)6-8-13)11-16(23)21-17-14(19)3-2-4-15(17)20/h2-8H,9-11H2,1H3,(H,21,23). The monoisotopic (exact) mass is 434 g/mol. The van der Waals surface area contributed by atoms with Crippen molar-refractivity contribution in [1.82, 2.24) is 4.90 Å². The SMILES string of the molecule is CN(CCS(=O)(=O)c1ccc(Cl)cc1)CC(=O)Nc1c(Cl)cccc1Cl. The van der Waals surface area contributed by atoms with Gasteiger partial charge in [0.15, 0.2) is 9.84 Å². The maximum Gasteiger partial charge on any atom is 0.238 e. The number of hydrogen-bond donors (Lipinski definition) is 1. The number of hydrogen-bond acceptors (Lipinski definition) is 4. The van der Waals surface area contributed by atoms with Crippen molar-refractivity contribution >= 4 is 56.2 Å². The van der Waals surface area contributed by atoms with Crippen molar-refractivity contribution in [2.45, 2.75) is 4.90 Å². The molecule has 5 nitrogen and oxygen atoms in total. The van der Waals surface area contributed by atoms with E-state index in [1.165, 1.54) is 24.3 Å². The zero-order valence-electron chi connectivity index (χ0n) is 13.9. The third-order valence-corrected chi connectivity index (χ3v) is 6.15. The van der Waals surface area contributed by atoms with Crippen LogP contribution in [0, 0.1) is 0 Å². The molecule has 0 atom stereocenters. The number of rotatable bonds is 7. The maximum atomic E-state index is 12.3. The molecule has 0 heterocycles. The summed E-state index contributed by atoms with van der Waals surface area (Å²) in [5.41, 5.74) is 0.336. The van der Waals surface area contributed by atoms with Crippen LogP contribution in [0.25, 0.3) is 0 Å². The van der Waals surface area contributed by atoms with E-state index in [1.54, 1.807) is 30.1 Å². The molecule has 0 saturated carbocycles. The van der Waals surface area contributed by atoms with Gasteiger partial charge in [-0.3, -0.25) is 9.69 Å². The Morgan fingerprint density at radius 3 is 2.19 bits per heavy atom. The topological polar surface area (TPSA) is 66.5 Å². The molecule has 0 unspecified atom stereocenters.